The van der Waals surface area contributed by atoms with Crippen LogP contribution in [0.4, 0.5) is 4.39 Å². The summed E-state index contributed by atoms with van der Waals surface area (Å²) in [6, 6.07) is 21.4. The van der Waals surface area contributed by atoms with Crippen LogP contribution in [-0.2, 0) is 17.9 Å². The third kappa shape index (κ3) is 5.18. The molecule has 1 fully saturated rings. The molecule has 32 heavy (non-hydrogen) atoms. The predicted molar refractivity (Wildman–Crippen MR) is 129 cm³/mol. The molecule has 0 radical (unpaired) electrons. The molecule has 4 nitrogen and oxygen atoms in total. The van der Waals surface area contributed by atoms with Crippen LogP contribution in [0.5, 0.6) is 11.5 Å². The van der Waals surface area contributed by atoms with Crippen LogP contribution in [0.25, 0.3) is 6.08 Å². The molecule has 4 rings (SSSR count). The summed E-state index contributed by atoms with van der Waals surface area (Å²) in [5, 5.41) is 0. The van der Waals surface area contributed by atoms with Crippen molar-refractivity contribution in [2.75, 3.05) is 7.11 Å². The van der Waals surface area contributed by atoms with Gasteiger partial charge < -0.3 is 9.47 Å². The van der Waals surface area contributed by atoms with Crippen molar-refractivity contribution in [1.82, 2.24) is 4.90 Å². The number of amides is 1. The summed E-state index contributed by atoms with van der Waals surface area (Å²) in [6.45, 7) is 0.560. The van der Waals surface area contributed by atoms with E-state index in [1.165, 1.54) is 17.8 Å². The number of benzene rings is 3. The lowest BCUT2D eigenvalue weighted by molar-refractivity contribution is -0.122. The Kier molecular flexibility index (Phi) is 6.87. The smallest absolute Gasteiger partial charge is 0.266 e. The van der Waals surface area contributed by atoms with E-state index in [-0.39, 0.29) is 18.3 Å². The van der Waals surface area contributed by atoms with E-state index in [0.717, 1.165) is 16.9 Å². The number of carbonyl (C=O) groups is 1. The number of rotatable bonds is 7. The van der Waals surface area contributed by atoms with Gasteiger partial charge in [-0.3, -0.25) is 9.69 Å². The van der Waals surface area contributed by atoms with E-state index in [9.17, 15) is 9.18 Å². The van der Waals surface area contributed by atoms with Gasteiger partial charge in [0.15, 0.2) is 0 Å². The fourth-order valence-corrected chi connectivity index (χ4v) is 4.39. The zero-order valence-electron chi connectivity index (χ0n) is 17.3. The van der Waals surface area contributed by atoms with Crippen molar-refractivity contribution in [1.29, 1.82) is 0 Å². The van der Waals surface area contributed by atoms with E-state index in [2.05, 4.69) is 0 Å². The second-order valence-electron chi connectivity index (χ2n) is 7.07. The van der Waals surface area contributed by atoms with E-state index in [4.69, 9.17) is 21.7 Å². The maximum atomic E-state index is 13.7. The Hall–Kier alpha value is -3.16. The Bertz CT molecular complexity index is 1160. The summed E-state index contributed by atoms with van der Waals surface area (Å²) in [7, 11) is 1.61. The maximum absolute atomic E-state index is 13.7. The summed E-state index contributed by atoms with van der Waals surface area (Å²) in [6.07, 6.45) is 1.81. The van der Waals surface area contributed by atoms with Crippen LogP contribution in [0.15, 0.2) is 77.7 Å². The fraction of sp³-hybridized carbons (Fsp3) is 0.120. The first-order valence-electron chi connectivity index (χ1n) is 9.88. The standard InChI is InChI=1S/C25H20FNO3S2/c1-29-20-10-8-18(9-11-20)15-27-24(28)23(32-25(27)31)14-17-6-12-21(13-7-17)30-16-19-4-2-3-5-22(19)26/h2-14H,15-16H2,1H3/b23-14-. The molecule has 162 valence electrons. The molecule has 0 atom stereocenters. The monoisotopic (exact) mass is 465 g/mol. The number of halogens is 1. The second-order valence-corrected chi connectivity index (χ2v) is 8.74. The van der Waals surface area contributed by atoms with Crippen LogP contribution in [-0.4, -0.2) is 22.2 Å². The van der Waals surface area contributed by atoms with Gasteiger partial charge in [0.05, 0.1) is 18.6 Å². The predicted octanol–water partition coefficient (Wildman–Crippen LogP) is 5.81. The van der Waals surface area contributed by atoms with Crippen LogP contribution in [0.3, 0.4) is 0 Å². The average molecular weight is 466 g/mol. The lowest BCUT2D eigenvalue weighted by Crippen LogP contribution is -2.27. The van der Waals surface area contributed by atoms with Crippen LogP contribution in [0.2, 0.25) is 0 Å². The van der Waals surface area contributed by atoms with Crippen LogP contribution in [0, 0.1) is 5.82 Å². The summed E-state index contributed by atoms with van der Waals surface area (Å²) in [5.41, 5.74) is 2.32. The molecule has 0 unspecified atom stereocenters. The topological polar surface area (TPSA) is 38.8 Å². The van der Waals surface area contributed by atoms with Gasteiger partial charge in [0, 0.05) is 5.56 Å². The minimum Gasteiger partial charge on any atom is -0.497 e. The Morgan fingerprint density at radius 1 is 1.00 bits per heavy atom. The lowest BCUT2D eigenvalue weighted by atomic mass is 10.2. The molecule has 3 aromatic rings. The molecular weight excluding hydrogens is 445 g/mol. The van der Waals surface area contributed by atoms with Crippen molar-refractivity contribution in [2.45, 2.75) is 13.2 Å². The summed E-state index contributed by atoms with van der Waals surface area (Å²) < 4.78 is 25.1. The van der Waals surface area contributed by atoms with Gasteiger partial charge in [-0.25, -0.2) is 4.39 Å². The first-order valence-corrected chi connectivity index (χ1v) is 11.1. The quantitative estimate of drug-likeness (QED) is 0.325. The van der Waals surface area contributed by atoms with Gasteiger partial charge >= 0.3 is 0 Å². The van der Waals surface area contributed by atoms with Gasteiger partial charge in [0.1, 0.15) is 28.2 Å². The molecule has 7 heteroatoms. The minimum atomic E-state index is -0.291. The first-order chi connectivity index (χ1) is 15.5. The molecule has 1 amide bonds. The van der Waals surface area contributed by atoms with Gasteiger partial charge in [-0.1, -0.05) is 66.4 Å². The van der Waals surface area contributed by atoms with Crippen molar-refractivity contribution >= 4 is 40.3 Å². The van der Waals surface area contributed by atoms with Crippen LogP contribution >= 0.6 is 24.0 Å². The van der Waals surface area contributed by atoms with Crippen LogP contribution in [0.1, 0.15) is 16.7 Å². The molecule has 1 heterocycles. The highest BCUT2D eigenvalue weighted by Crippen LogP contribution is 2.34. The Morgan fingerprint density at radius 2 is 1.69 bits per heavy atom. The number of hydrogen-bond donors (Lipinski definition) is 0. The van der Waals surface area contributed by atoms with Gasteiger partial charge in [0.25, 0.3) is 5.91 Å². The van der Waals surface area contributed by atoms with E-state index in [1.54, 1.807) is 42.3 Å². The zero-order valence-corrected chi connectivity index (χ0v) is 18.9. The van der Waals surface area contributed by atoms with Crippen molar-refractivity contribution in [3.8, 4) is 11.5 Å². The number of hydrogen-bond acceptors (Lipinski definition) is 5. The summed E-state index contributed by atoms with van der Waals surface area (Å²) >= 11 is 6.71. The van der Waals surface area contributed by atoms with E-state index in [1.807, 2.05) is 42.5 Å². The Labute approximate surface area is 195 Å². The number of methoxy groups -OCH3 is 1. The molecule has 1 aliphatic heterocycles. The third-order valence-corrected chi connectivity index (χ3v) is 6.28. The fourth-order valence-electron chi connectivity index (χ4n) is 3.14. The Morgan fingerprint density at radius 3 is 2.38 bits per heavy atom. The highest BCUT2D eigenvalue weighted by molar-refractivity contribution is 8.26. The van der Waals surface area contributed by atoms with Gasteiger partial charge in [-0.2, -0.15) is 0 Å². The largest absolute Gasteiger partial charge is 0.497 e. The highest BCUT2D eigenvalue weighted by atomic mass is 32.2. The highest BCUT2D eigenvalue weighted by Gasteiger charge is 2.31. The van der Waals surface area contributed by atoms with E-state index < -0.39 is 0 Å². The van der Waals surface area contributed by atoms with E-state index in [0.29, 0.717) is 27.1 Å². The third-order valence-electron chi connectivity index (χ3n) is 4.90. The van der Waals surface area contributed by atoms with Crippen molar-refractivity contribution in [2.24, 2.45) is 0 Å². The summed E-state index contributed by atoms with van der Waals surface area (Å²) in [5.74, 6) is 0.981. The SMILES string of the molecule is COc1ccc(CN2C(=O)/C(=C/c3ccc(OCc4ccccc4F)cc3)SC2=S)cc1. The Balaban J connectivity index is 1.40. The number of ether oxygens (including phenoxy) is 2. The van der Waals surface area contributed by atoms with Gasteiger partial charge in [0.2, 0.25) is 0 Å². The molecule has 0 N–H and O–H groups in total. The zero-order chi connectivity index (χ0) is 22.5. The molecule has 1 aliphatic rings. The molecule has 0 aliphatic carbocycles. The number of thioether (sulfide) groups is 1. The molecule has 0 spiro atoms. The minimum absolute atomic E-state index is 0.115. The normalized spacial score (nSPS) is 14.8. The molecule has 1 saturated heterocycles. The molecule has 0 saturated carbocycles. The lowest BCUT2D eigenvalue weighted by Gasteiger charge is -2.14. The van der Waals surface area contributed by atoms with Crippen molar-refractivity contribution in [3.63, 3.8) is 0 Å². The van der Waals surface area contributed by atoms with Crippen LogP contribution < -0.4 is 9.47 Å². The number of thiocarbonyl (C=S) groups is 1. The second kappa shape index (κ2) is 9.97. The average Bonchev–Trinajstić information content (AvgIpc) is 3.07. The van der Waals surface area contributed by atoms with Gasteiger partial charge in [-0.05, 0) is 47.5 Å². The molecule has 0 bridgehead atoms. The van der Waals surface area contributed by atoms with Gasteiger partial charge in [-0.15, -0.1) is 0 Å². The van der Waals surface area contributed by atoms with Crippen molar-refractivity contribution < 1.29 is 18.7 Å². The molecule has 3 aromatic carbocycles. The molecular formula is C25H20FNO3S2. The van der Waals surface area contributed by atoms with Crippen molar-refractivity contribution in [3.05, 3.63) is 100 Å². The number of nitrogens with zero attached hydrogens (tertiary/aromatic N) is 1. The maximum Gasteiger partial charge on any atom is 0.266 e. The summed E-state index contributed by atoms with van der Waals surface area (Å²) in [4.78, 5) is 15.0. The first kappa shape index (κ1) is 22.0. The molecule has 0 aromatic heterocycles. The number of carbonyl (C=O) groups excluding carboxylic acids is 1. The van der Waals surface area contributed by atoms with E-state index >= 15 is 0 Å².